The lowest BCUT2D eigenvalue weighted by Crippen LogP contribution is -2.20. The van der Waals surface area contributed by atoms with Crippen LogP contribution in [-0.2, 0) is 11.2 Å². The van der Waals surface area contributed by atoms with Gasteiger partial charge in [-0.05, 0) is 43.6 Å². The van der Waals surface area contributed by atoms with Gasteiger partial charge in [-0.3, -0.25) is 0 Å². The molecule has 2 aliphatic rings. The predicted molar refractivity (Wildman–Crippen MR) is 99.8 cm³/mol. The van der Waals surface area contributed by atoms with Crippen molar-refractivity contribution in [1.82, 2.24) is 0 Å². The largest absolute Gasteiger partial charge is 0.507 e. The Labute approximate surface area is 153 Å². The first-order chi connectivity index (χ1) is 12.7. The lowest BCUT2D eigenvalue weighted by molar-refractivity contribution is 0.164. The minimum atomic E-state index is -0.384. The Morgan fingerprint density at radius 1 is 1.19 bits per heavy atom. The number of methoxy groups -OCH3 is 1. The number of aromatic hydroxyl groups is 1. The molecular formula is C22H26O4. The Kier molecular flexibility index (Phi) is 4.86. The maximum Gasteiger partial charge on any atom is 0.343 e. The van der Waals surface area contributed by atoms with Gasteiger partial charge in [0.05, 0.1) is 12.2 Å². The van der Waals surface area contributed by atoms with Gasteiger partial charge in [0.15, 0.2) is 0 Å². The summed E-state index contributed by atoms with van der Waals surface area (Å²) in [5, 5.41) is 11.1. The van der Waals surface area contributed by atoms with E-state index in [1.807, 2.05) is 30.3 Å². The zero-order valence-corrected chi connectivity index (χ0v) is 15.2. The van der Waals surface area contributed by atoms with Crippen LogP contribution < -0.4 is 5.63 Å². The fourth-order valence-corrected chi connectivity index (χ4v) is 4.39. The predicted octanol–water partition coefficient (Wildman–Crippen LogP) is 4.34. The molecule has 0 amide bonds. The van der Waals surface area contributed by atoms with Crippen molar-refractivity contribution in [2.24, 2.45) is 5.92 Å². The lowest BCUT2D eigenvalue weighted by Gasteiger charge is -2.21. The van der Waals surface area contributed by atoms with Crippen LogP contribution >= 0.6 is 0 Å². The van der Waals surface area contributed by atoms with E-state index in [-0.39, 0.29) is 23.2 Å². The Morgan fingerprint density at radius 2 is 1.96 bits per heavy atom. The number of hydrogen-bond donors (Lipinski definition) is 1. The minimum Gasteiger partial charge on any atom is -0.507 e. The molecule has 26 heavy (non-hydrogen) atoms. The second-order valence-corrected chi connectivity index (χ2v) is 7.62. The van der Waals surface area contributed by atoms with Crippen molar-refractivity contribution >= 4 is 0 Å². The first-order valence-corrected chi connectivity index (χ1v) is 9.63. The molecule has 2 atom stereocenters. The summed E-state index contributed by atoms with van der Waals surface area (Å²) < 4.78 is 11.2. The Morgan fingerprint density at radius 3 is 2.65 bits per heavy atom. The van der Waals surface area contributed by atoms with E-state index in [0.29, 0.717) is 23.8 Å². The topological polar surface area (TPSA) is 59.7 Å². The smallest absolute Gasteiger partial charge is 0.343 e. The second kappa shape index (κ2) is 7.28. The van der Waals surface area contributed by atoms with Gasteiger partial charge in [0.25, 0.3) is 0 Å². The first kappa shape index (κ1) is 17.3. The van der Waals surface area contributed by atoms with Crippen LogP contribution in [0.15, 0.2) is 39.5 Å². The summed E-state index contributed by atoms with van der Waals surface area (Å²) in [6.07, 6.45) is 5.89. The molecule has 1 aromatic heterocycles. The second-order valence-electron chi connectivity index (χ2n) is 7.62. The van der Waals surface area contributed by atoms with Crippen LogP contribution in [0.5, 0.6) is 5.75 Å². The van der Waals surface area contributed by atoms with E-state index in [9.17, 15) is 9.90 Å². The van der Waals surface area contributed by atoms with Crippen LogP contribution in [0.3, 0.4) is 0 Å². The van der Waals surface area contributed by atoms with Crippen molar-refractivity contribution in [1.29, 1.82) is 0 Å². The van der Waals surface area contributed by atoms with E-state index in [4.69, 9.17) is 9.15 Å². The minimum absolute atomic E-state index is 0.0428. The molecule has 0 bridgehead atoms. The zero-order valence-electron chi connectivity index (χ0n) is 15.2. The fraction of sp³-hybridized carbons (Fsp3) is 0.500. The molecule has 1 heterocycles. The number of rotatable bonds is 5. The third-order valence-electron chi connectivity index (χ3n) is 5.79. The van der Waals surface area contributed by atoms with E-state index in [2.05, 4.69) is 0 Å². The average molecular weight is 354 g/mol. The van der Waals surface area contributed by atoms with Gasteiger partial charge in [0.1, 0.15) is 11.5 Å². The van der Waals surface area contributed by atoms with Crippen LogP contribution in [0.1, 0.15) is 66.4 Å². The molecule has 4 rings (SSSR count). The highest BCUT2D eigenvalue weighted by Gasteiger charge is 2.39. The monoisotopic (exact) mass is 354 g/mol. The van der Waals surface area contributed by atoms with Gasteiger partial charge in [-0.2, -0.15) is 0 Å². The van der Waals surface area contributed by atoms with Crippen molar-refractivity contribution in [2.75, 3.05) is 13.7 Å². The third kappa shape index (κ3) is 3.18. The van der Waals surface area contributed by atoms with Crippen LogP contribution in [-0.4, -0.2) is 18.8 Å². The van der Waals surface area contributed by atoms with Crippen LogP contribution in [0.2, 0.25) is 0 Å². The lowest BCUT2D eigenvalue weighted by atomic mass is 9.86. The Hall–Kier alpha value is -2.07. The normalized spacial score (nSPS) is 21.0. The van der Waals surface area contributed by atoms with E-state index in [1.165, 1.54) is 0 Å². The Balaban J connectivity index is 1.85. The van der Waals surface area contributed by atoms with Gasteiger partial charge in [-0.25, -0.2) is 4.79 Å². The van der Waals surface area contributed by atoms with Crippen molar-refractivity contribution in [3.63, 3.8) is 0 Å². The summed E-state index contributed by atoms with van der Waals surface area (Å²) in [6, 6.07) is 10.0. The van der Waals surface area contributed by atoms with Gasteiger partial charge in [-0.15, -0.1) is 0 Å². The van der Waals surface area contributed by atoms with Gasteiger partial charge in [0.2, 0.25) is 0 Å². The van der Waals surface area contributed by atoms with Crippen LogP contribution in [0.4, 0.5) is 0 Å². The van der Waals surface area contributed by atoms with E-state index < -0.39 is 0 Å². The van der Waals surface area contributed by atoms with Crippen molar-refractivity contribution in [3.05, 3.63) is 63.2 Å². The maximum absolute atomic E-state index is 13.0. The fourth-order valence-electron chi connectivity index (χ4n) is 4.39. The molecule has 2 aromatic rings. The molecule has 1 saturated carbocycles. The summed E-state index contributed by atoms with van der Waals surface area (Å²) in [5.41, 5.74) is 1.97. The number of ether oxygens (including phenoxy) is 1. The number of benzene rings is 1. The van der Waals surface area contributed by atoms with E-state index in [0.717, 1.165) is 49.7 Å². The van der Waals surface area contributed by atoms with E-state index in [1.54, 1.807) is 7.11 Å². The highest BCUT2D eigenvalue weighted by Crippen LogP contribution is 2.49. The first-order valence-electron chi connectivity index (χ1n) is 9.63. The Bertz CT molecular complexity index is 820. The zero-order chi connectivity index (χ0) is 18.1. The van der Waals surface area contributed by atoms with E-state index >= 15 is 0 Å². The molecule has 1 fully saturated rings. The molecular weight excluding hydrogens is 328 g/mol. The molecule has 1 N–H and O–H groups in total. The molecule has 0 spiro atoms. The standard InChI is InChI=1S/C22H26O4/c1-25-13-16-9-5-6-10-17-20(23)19(22(24)26-21(16)17)18(15-11-12-15)14-7-3-2-4-8-14/h2-4,7-8,15-16,18,23H,5-6,9-13H2,1H3. The highest BCUT2D eigenvalue weighted by atomic mass is 16.5. The number of hydrogen-bond acceptors (Lipinski definition) is 4. The molecule has 4 nitrogen and oxygen atoms in total. The summed E-state index contributed by atoms with van der Waals surface area (Å²) in [5.74, 6) is 1.17. The molecule has 0 saturated heterocycles. The van der Waals surface area contributed by atoms with Crippen molar-refractivity contribution in [3.8, 4) is 5.75 Å². The average Bonchev–Trinajstić information content (AvgIpc) is 3.48. The quantitative estimate of drug-likeness (QED) is 0.811. The molecule has 2 aliphatic carbocycles. The van der Waals surface area contributed by atoms with Gasteiger partial charge in [-0.1, -0.05) is 36.8 Å². The molecule has 4 heteroatoms. The van der Waals surface area contributed by atoms with Crippen molar-refractivity contribution < 1.29 is 14.3 Å². The summed E-state index contributed by atoms with van der Waals surface area (Å²) in [4.78, 5) is 13.0. The van der Waals surface area contributed by atoms with Gasteiger partial charge < -0.3 is 14.3 Å². The molecule has 2 unspecified atom stereocenters. The van der Waals surface area contributed by atoms with Crippen LogP contribution in [0.25, 0.3) is 0 Å². The summed E-state index contributed by atoms with van der Waals surface area (Å²) >= 11 is 0. The van der Waals surface area contributed by atoms with Gasteiger partial charge >= 0.3 is 5.63 Å². The highest BCUT2D eigenvalue weighted by molar-refractivity contribution is 5.47. The van der Waals surface area contributed by atoms with Crippen LogP contribution in [0, 0.1) is 5.92 Å². The third-order valence-corrected chi connectivity index (χ3v) is 5.79. The number of fused-ring (bicyclic) bond motifs is 1. The summed E-state index contributed by atoms with van der Waals surface area (Å²) in [7, 11) is 1.66. The molecule has 0 aliphatic heterocycles. The molecule has 0 radical (unpaired) electrons. The maximum atomic E-state index is 13.0. The molecule has 1 aromatic carbocycles. The van der Waals surface area contributed by atoms with Gasteiger partial charge in [0, 0.05) is 24.5 Å². The molecule has 138 valence electrons. The summed E-state index contributed by atoms with van der Waals surface area (Å²) in [6.45, 7) is 0.513. The SMILES string of the molecule is COCC1CCCCc2c1oc(=O)c(C(c1ccccc1)C1CC1)c2O. The van der Waals surface area contributed by atoms with Crippen molar-refractivity contribution in [2.45, 2.75) is 50.4 Å².